The van der Waals surface area contributed by atoms with Crippen molar-refractivity contribution < 1.29 is 9.47 Å². The molecule has 0 aromatic heterocycles. The standard InChI is InChI=1S/C17H21NO2/c1-3-13-20-17-11-7-15(8-12-17)18-14-5-9-16(10-6-14)19-4-2/h5-12,18H,3-4,13H2,1-2H3. The molecule has 0 amide bonds. The zero-order valence-corrected chi connectivity index (χ0v) is 12.1. The van der Waals surface area contributed by atoms with Gasteiger partial charge in [0.2, 0.25) is 0 Å². The van der Waals surface area contributed by atoms with Gasteiger partial charge in [-0.2, -0.15) is 0 Å². The zero-order valence-electron chi connectivity index (χ0n) is 12.1. The lowest BCUT2D eigenvalue weighted by Crippen LogP contribution is -1.95. The molecule has 0 radical (unpaired) electrons. The molecule has 106 valence electrons. The summed E-state index contributed by atoms with van der Waals surface area (Å²) in [6.45, 7) is 5.52. The van der Waals surface area contributed by atoms with Gasteiger partial charge in [-0.25, -0.2) is 0 Å². The van der Waals surface area contributed by atoms with Crippen LogP contribution in [-0.2, 0) is 0 Å². The first-order valence-corrected chi connectivity index (χ1v) is 7.04. The summed E-state index contributed by atoms with van der Waals surface area (Å²) in [5.74, 6) is 1.80. The maximum absolute atomic E-state index is 5.56. The maximum Gasteiger partial charge on any atom is 0.119 e. The second-order valence-corrected chi connectivity index (χ2v) is 4.46. The summed E-state index contributed by atoms with van der Waals surface area (Å²) in [4.78, 5) is 0. The Morgan fingerprint density at radius 3 is 1.70 bits per heavy atom. The molecule has 20 heavy (non-hydrogen) atoms. The highest BCUT2D eigenvalue weighted by Gasteiger charge is 1.97. The Kier molecular flexibility index (Phi) is 5.30. The van der Waals surface area contributed by atoms with Crippen LogP contribution in [0.3, 0.4) is 0 Å². The minimum absolute atomic E-state index is 0.687. The van der Waals surface area contributed by atoms with Gasteiger partial charge in [-0.1, -0.05) is 6.92 Å². The van der Waals surface area contributed by atoms with Crippen molar-refractivity contribution in [2.24, 2.45) is 0 Å². The summed E-state index contributed by atoms with van der Waals surface area (Å²) in [5.41, 5.74) is 2.08. The van der Waals surface area contributed by atoms with Gasteiger partial charge in [0, 0.05) is 11.4 Å². The van der Waals surface area contributed by atoms with Gasteiger partial charge in [-0.05, 0) is 61.9 Å². The monoisotopic (exact) mass is 271 g/mol. The largest absolute Gasteiger partial charge is 0.494 e. The predicted molar refractivity (Wildman–Crippen MR) is 83.1 cm³/mol. The molecule has 3 nitrogen and oxygen atoms in total. The number of rotatable bonds is 7. The van der Waals surface area contributed by atoms with Gasteiger partial charge >= 0.3 is 0 Å². The number of nitrogens with one attached hydrogen (secondary N) is 1. The lowest BCUT2D eigenvalue weighted by molar-refractivity contribution is 0.317. The van der Waals surface area contributed by atoms with Gasteiger partial charge in [0.1, 0.15) is 11.5 Å². The molecular weight excluding hydrogens is 250 g/mol. The third-order valence-corrected chi connectivity index (χ3v) is 2.78. The van der Waals surface area contributed by atoms with Crippen LogP contribution in [0.1, 0.15) is 20.3 Å². The van der Waals surface area contributed by atoms with Crippen molar-refractivity contribution >= 4 is 11.4 Å². The minimum Gasteiger partial charge on any atom is -0.494 e. The van der Waals surface area contributed by atoms with Crippen molar-refractivity contribution in [2.75, 3.05) is 18.5 Å². The summed E-state index contributed by atoms with van der Waals surface area (Å²) in [5, 5.41) is 3.35. The van der Waals surface area contributed by atoms with Gasteiger partial charge in [-0.3, -0.25) is 0 Å². The Labute approximate surface area is 120 Å². The Bertz CT molecular complexity index is 506. The normalized spacial score (nSPS) is 10.1. The van der Waals surface area contributed by atoms with Gasteiger partial charge in [0.25, 0.3) is 0 Å². The van der Waals surface area contributed by atoms with Crippen LogP contribution in [0, 0.1) is 0 Å². The van der Waals surface area contributed by atoms with Crippen molar-refractivity contribution in [1.82, 2.24) is 0 Å². The van der Waals surface area contributed by atoms with Crippen LogP contribution in [0.4, 0.5) is 11.4 Å². The Hall–Kier alpha value is -2.16. The van der Waals surface area contributed by atoms with Crippen LogP contribution in [0.25, 0.3) is 0 Å². The van der Waals surface area contributed by atoms with E-state index in [1.165, 1.54) is 0 Å². The van der Waals surface area contributed by atoms with Gasteiger partial charge in [0.15, 0.2) is 0 Å². The quantitative estimate of drug-likeness (QED) is 0.797. The first-order chi connectivity index (χ1) is 9.81. The van der Waals surface area contributed by atoms with E-state index < -0.39 is 0 Å². The fourth-order valence-electron chi connectivity index (χ4n) is 1.82. The summed E-state index contributed by atoms with van der Waals surface area (Å²) in [6, 6.07) is 15.9. The van der Waals surface area contributed by atoms with Gasteiger partial charge in [-0.15, -0.1) is 0 Å². The van der Waals surface area contributed by atoms with E-state index in [1.54, 1.807) is 0 Å². The summed E-state index contributed by atoms with van der Waals surface area (Å²) in [6.07, 6.45) is 1.02. The highest BCUT2D eigenvalue weighted by atomic mass is 16.5. The number of benzene rings is 2. The van der Waals surface area contributed by atoms with Crippen molar-refractivity contribution in [3.05, 3.63) is 48.5 Å². The van der Waals surface area contributed by atoms with Crippen LogP contribution in [0.5, 0.6) is 11.5 Å². The Morgan fingerprint density at radius 2 is 1.25 bits per heavy atom. The minimum atomic E-state index is 0.687. The van der Waals surface area contributed by atoms with Crippen LogP contribution in [0.2, 0.25) is 0 Å². The molecule has 0 spiro atoms. The molecule has 1 N–H and O–H groups in total. The topological polar surface area (TPSA) is 30.5 Å². The number of ether oxygens (including phenoxy) is 2. The fourth-order valence-corrected chi connectivity index (χ4v) is 1.82. The highest BCUT2D eigenvalue weighted by molar-refractivity contribution is 5.60. The third kappa shape index (κ3) is 4.19. The Morgan fingerprint density at radius 1 is 0.750 bits per heavy atom. The molecule has 0 fully saturated rings. The molecule has 0 saturated carbocycles. The molecule has 2 aromatic carbocycles. The van der Waals surface area contributed by atoms with E-state index in [0.29, 0.717) is 6.61 Å². The average molecular weight is 271 g/mol. The predicted octanol–water partition coefficient (Wildman–Crippen LogP) is 4.62. The molecular formula is C17H21NO2. The van der Waals surface area contributed by atoms with Crippen molar-refractivity contribution in [3.8, 4) is 11.5 Å². The molecule has 0 heterocycles. The van der Waals surface area contributed by atoms with Crippen LogP contribution >= 0.6 is 0 Å². The van der Waals surface area contributed by atoms with Crippen LogP contribution < -0.4 is 14.8 Å². The lowest BCUT2D eigenvalue weighted by Gasteiger charge is -2.09. The van der Waals surface area contributed by atoms with Crippen LogP contribution in [-0.4, -0.2) is 13.2 Å². The highest BCUT2D eigenvalue weighted by Crippen LogP contribution is 2.22. The van der Waals surface area contributed by atoms with E-state index in [1.807, 2.05) is 55.5 Å². The third-order valence-electron chi connectivity index (χ3n) is 2.78. The van der Waals surface area contributed by atoms with Crippen molar-refractivity contribution in [1.29, 1.82) is 0 Å². The average Bonchev–Trinajstić information content (AvgIpc) is 2.49. The molecule has 0 aliphatic rings. The molecule has 3 heteroatoms. The molecule has 0 unspecified atom stereocenters. The molecule has 0 aliphatic heterocycles. The molecule has 2 rings (SSSR count). The van der Waals surface area contributed by atoms with E-state index in [0.717, 1.165) is 35.9 Å². The molecule has 0 atom stereocenters. The maximum atomic E-state index is 5.56. The molecule has 2 aromatic rings. The van der Waals surface area contributed by atoms with Crippen molar-refractivity contribution in [2.45, 2.75) is 20.3 Å². The summed E-state index contributed by atoms with van der Waals surface area (Å²) < 4.78 is 11.0. The number of hydrogen-bond donors (Lipinski definition) is 1. The zero-order chi connectivity index (χ0) is 14.2. The summed E-state index contributed by atoms with van der Waals surface area (Å²) in [7, 11) is 0. The molecule has 0 saturated heterocycles. The number of anilines is 2. The molecule has 0 aliphatic carbocycles. The lowest BCUT2D eigenvalue weighted by atomic mass is 10.2. The molecule has 0 bridgehead atoms. The second-order valence-electron chi connectivity index (χ2n) is 4.46. The Balaban J connectivity index is 1.95. The second kappa shape index (κ2) is 7.43. The first-order valence-electron chi connectivity index (χ1n) is 7.04. The van der Waals surface area contributed by atoms with E-state index in [-0.39, 0.29) is 0 Å². The summed E-state index contributed by atoms with van der Waals surface area (Å²) >= 11 is 0. The smallest absolute Gasteiger partial charge is 0.119 e. The van der Waals surface area contributed by atoms with Gasteiger partial charge in [0.05, 0.1) is 13.2 Å². The fraction of sp³-hybridized carbons (Fsp3) is 0.294. The van der Waals surface area contributed by atoms with E-state index in [2.05, 4.69) is 12.2 Å². The SMILES string of the molecule is CCCOc1ccc(Nc2ccc(OCC)cc2)cc1. The van der Waals surface area contributed by atoms with E-state index in [4.69, 9.17) is 9.47 Å². The van der Waals surface area contributed by atoms with E-state index in [9.17, 15) is 0 Å². The number of hydrogen-bond acceptors (Lipinski definition) is 3. The van der Waals surface area contributed by atoms with Crippen LogP contribution in [0.15, 0.2) is 48.5 Å². The van der Waals surface area contributed by atoms with E-state index >= 15 is 0 Å². The first kappa shape index (κ1) is 14.3. The van der Waals surface area contributed by atoms with Crippen molar-refractivity contribution in [3.63, 3.8) is 0 Å². The van der Waals surface area contributed by atoms with Gasteiger partial charge < -0.3 is 14.8 Å².